The van der Waals surface area contributed by atoms with E-state index in [-0.39, 0.29) is 0 Å². The van der Waals surface area contributed by atoms with Crippen LogP contribution in [0.1, 0.15) is 47.2 Å². The summed E-state index contributed by atoms with van der Waals surface area (Å²) in [5.74, 6) is 1.08. The van der Waals surface area contributed by atoms with Gasteiger partial charge in [-0.3, -0.25) is 4.79 Å². The normalized spacial score (nSPS) is 13.6. The molecule has 3 aromatic carbocycles. The van der Waals surface area contributed by atoms with Crippen LogP contribution in [0.15, 0.2) is 73.1 Å². The van der Waals surface area contributed by atoms with Gasteiger partial charge in [0.15, 0.2) is 5.82 Å². The lowest BCUT2D eigenvalue weighted by Gasteiger charge is -2.19. The first kappa shape index (κ1) is 26.0. The number of nitrogens with two attached hydrogens (primary N) is 2. The zero-order valence-electron chi connectivity index (χ0n) is 23.5. The van der Waals surface area contributed by atoms with Crippen molar-refractivity contribution in [3.8, 4) is 0 Å². The fourth-order valence-electron chi connectivity index (χ4n) is 6.33. The number of anilines is 2. The van der Waals surface area contributed by atoms with Crippen molar-refractivity contribution in [2.45, 2.75) is 45.2 Å². The van der Waals surface area contributed by atoms with Crippen LogP contribution in [0, 0.1) is 0 Å². The molecule has 0 bridgehead atoms. The molecule has 1 fully saturated rings. The Labute approximate surface area is 243 Å². The highest BCUT2D eigenvalue weighted by Gasteiger charge is 2.21. The Hall–Kier alpha value is -4.92. The molecule has 6 aromatic rings. The Bertz CT molecular complexity index is 1930. The highest BCUT2D eigenvalue weighted by molar-refractivity contribution is 6.06. The Morgan fingerprint density at radius 2 is 1.69 bits per heavy atom. The van der Waals surface area contributed by atoms with Gasteiger partial charge in [-0.25, -0.2) is 15.0 Å². The molecule has 4 N–H and O–H groups in total. The second-order valence-electron chi connectivity index (χ2n) is 11.1. The average Bonchev–Trinajstić information content (AvgIpc) is 3.75. The van der Waals surface area contributed by atoms with Gasteiger partial charge in [-0.15, -0.1) is 0 Å². The van der Waals surface area contributed by atoms with Gasteiger partial charge in [-0.1, -0.05) is 42.5 Å². The molecule has 42 heavy (non-hydrogen) atoms. The molecule has 1 amide bonds. The molecule has 4 heterocycles. The second kappa shape index (κ2) is 10.8. The van der Waals surface area contributed by atoms with Crippen molar-refractivity contribution in [1.29, 1.82) is 0 Å². The van der Waals surface area contributed by atoms with E-state index in [1.54, 1.807) is 0 Å². The van der Waals surface area contributed by atoms with E-state index in [1.165, 1.54) is 12.8 Å². The quantitative estimate of drug-likeness (QED) is 0.233. The van der Waals surface area contributed by atoms with Gasteiger partial charge in [0.05, 0.1) is 34.9 Å². The number of para-hydroxylation sites is 3. The zero-order valence-corrected chi connectivity index (χ0v) is 23.5. The number of carbonyl (C=O) groups excluding carboxylic acids is 1. The largest absolute Gasteiger partial charge is 0.382 e. The fourth-order valence-corrected chi connectivity index (χ4v) is 6.33. The first-order valence-corrected chi connectivity index (χ1v) is 14.7. The molecule has 0 unspecified atom stereocenters. The van der Waals surface area contributed by atoms with E-state index < -0.39 is 5.91 Å². The number of aryl methyl sites for hydroxylation is 2. The van der Waals surface area contributed by atoms with Crippen molar-refractivity contribution < 1.29 is 4.79 Å². The van der Waals surface area contributed by atoms with E-state index in [9.17, 15) is 4.79 Å². The van der Waals surface area contributed by atoms with Gasteiger partial charge in [0.25, 0.3) is 0 Å². The smallest absolute Gasteiger partial charge is 0.248 e. The Kier molecular flexibility index (Phi) is 6.70. The molecule has 7 rings (SSSR count). The molecule has 0 aliphatic carbocycles. The van der Waals surface area contributed by atoms with Crippen LogP contribution in [-0.4, -0.2) is 43.1 Å². The zero-order chi connectivity index (χ0) is 28.6. The molecule has 0 saturated carbocycles. The maximum absolute atomic E-state index is 12.3. The number of hydrogen-bond donors (Lipinski definition) is 2. The molecule has 0 spiro atoms. The summed E-state index contributed by atoms with van der Waals surface area (Å²) in [6, 6.07) is 22.4. The van der Waals surface area contributed by atoms with Crippen LogP contribution >= 0.6 is 0 Å². The maximum Gasteiger partial charge on any atom is 0.248 e. The SMILES string of the molecule is NC(=O)c1ccc(Cn2c(N3CCCC3)nc3ccccc32)cc1CCCCn1cnc2c(N)nc3ccccc3c21. The summed E-state index contributed by atoms with van der Waals surface area (Å²) in [6.45, 7) is 3.53. The molecule has 9 heteroatoms. The topological polar surface area (TPSA) is 121 Å². The summed E-state index contributed by atoms with van der Waals surface area (Å²) in [6.07, 6.45) is 6.79. The third kappa shape index (κ3) is 4.70. The van der Waals surface area contributed by atoms with Gasteiger partial charge in [0, 0.05) is 30.6 Å². The number of imidazole rings is 2. The number of pyridine rings is 1. The summed E-state index contributed by atoms with van der Waals surface area (Å²) >= 11 is 0. The van der Waals surface area contributed by atoms with Crippen LogP contribution in [0.4, 0.5) is 11.8 Å². The van der Waals surface area contributed by atoms with Crippen molar-refractivity contribution in [1.82, 2.24) is 24.1 Å². The number of primary amides is 1. The number of aromatic nitrogens is 5. The number of benzene rings is 3. The van der Waals surface area contributed by atoms with Crippen LogP contribution in [-0.2, 0) is 19.5 Å². The minimum absolute atomic E-state index is 0.391. The lowest BCUT2D eigenvalue weighted by Crippen LogP contribution is -2.22. The number of unbranched alkanes of at least 4 members (excludes halogenated alkanes) is 1. The summed E-state index contributed by atoms with van der Waals surface area (Å²) in [7, 11) is 0. The van der Waals surface area contributed by atoms with Gasteiger partial charge < -0.3 is 25.5 Å². The summed E-state index contributed by atoms with van der Waals surface area (Å²) in [5.41, 5.74) is 19.5. The number of carbonyl (C=O) groups is 1. The number of hydrogen-bond acceptors (Lipinski definition) is 6. The monoisotopic (exact) mass is 558 g/mol. The first-order chi connectivity index (χ1) is 20.6. The molecular formula is C33H34N8O. The van der Waals surface area contributed by atoms with Crippen LogP contribution in [0.3, 0.4) is 0 Å². The van der Waals surface area contributed by atoms with E-state index in [0.717, 1.165) is 88.9 Å². The number of fused-ring (bicyclic) bond motifs is 4. The molecule has 212 valence electrons. The van der Waals surface area contributed by atoms with E-state index in [2.05, 4.69) is 54.3 Å². The number of amides is 1. The average molecular weight is 559 g/mol. The van der Waals surface area contributed by atoms with Crippen molar-refractivity contribution in [3.05, 3.63) is 89.7 Å². The predicted octanol–water partition coefficient (Wildman–Crippen LogP) is 5.29. The Morgan fingerprint density at radius 1 is 0.905 bits per heavy atom. The van der Waals surface area contributed by atoms with E-state index in [1.807, 2.05) is 42.7 Å². The fraction of sp³-hybridized carbons (Fsp3) is 0.273. The lowest BCUT2D eigenvalue weighted by molar-refractivity contribution is 0.0999. The Balaban J connectivity index is 1.12. The lowest BCUT2D eigenvalue weighted by atomic mass is 9.98. The number of nitrogens with zero attached hydrogens (tertiary/aromatic N) is 6. The minimum atomic E-state index is -0.391. The maximum atomic E-state index is 12.3. The molecule has 1 aliphatic rings. The van der Waals surface area contributed by atoms with Crippen LogP contribution in [0.2, 0.25) is 0 Å². The Morgan fingerprint density at radius 3 is 2.52 bits per heavy atom. The van der Waals surface area contributed by atoms with Gasteiger partial charge in [0.1, 0.15) is 5.52 Å². The number of rotatable bonds is 9. The molecule has 0 atom stereocenters. The second-order valence-corrected chi connectivity index (χ2v) is 11.1. The van der Waals surface area contributed by atoms with Gasteiger partial charge in [-0.05, 0) is 67.5 Å². The number of nitrogen functional groups attached to an aromatic ring is 1. The summed E-state index contributed by atoms with van der Waals surface area (Å²) in [5, 5.41) is 1.04. The molecule has 0 radical (unpaired) electrons. The van der Waals surface area contributed by atoms with Gasteiger partial charge in [-0.2, -0.15) is 0 Å². The van der Waals surface area contributed by atoms with Gasteiger partial charge >= 0.3 is 0 Å². The molecule has 9 nitrogen and oxygen atoms in total. The van der Waals surface area contributed by atoms with Crippen molar-refractivity contribution in [2.75, 3.05) is 23.7 Å². The standard InChI is InChI=1S/C33H34N8O/c34-31-29-30(25-10-1-2-11-26(25)37-31)40(21-36-29)18-6-5-9-23-19-22(14-15-24(23)32(35)42)20-41-28-13-4-3-12-27(28)38-33(41)39-16-7-8-17-39/h1-4,10-15,19,21H,5-9,16-18,20H2,(H2,34,37)(H2,35,42). The van der Waals surface area contributed by atoms with E-state index >= 15 is 0 Å². The third-order valence-corrected chi connectivity index (χ3v) is 8.37. The molecule has 3 aromatic heterocycles. The van der Waals surface area contributed by atoms with E-state index in [4.69, 9.17) is 16.5 Å². The minimum Gasteiger partial charge on any atom is -0.382 e. The third-order valence-electron chi connectivity index (χ3n) is 8.37. The highest BCUT2D eigenvalue weighted by Crippen LogP contribution is 2.29. The van der Waals surface area contributed by atoms with Crippen molar-refractivity contribution >= 4 is 50.6 Å². The summed E-state index contributed by atoms with van der Waals surface area (Å²) < 4.78 is 4.46. The van der Waals surface area contributed by atoms with Crippen LogP contribution < -0.4 is 16.4 Å². The molecular weight excluding hydrogens is 524 g/mol. The van der Waals surface area contributed by atoms with Crippen molar-refractivity contribution in [2.24, 2.45) is 5.73 Å². The van der Waals surface area contributed by atoms with Crippen molar-refractivity contribution in [3.63, 3.8) is 0 Å². The predicted molar refractivity (Wildman–Crippen MR) is 168 cm³/mol. The van der Waals surface area contributed by atoms with Crippen LogP contribution in [0.25, 0.3) is 33.0 Å². The summed E-state index contributed by atoms with van der Waals surface area (Å²) in [4.78, 5) is 28.8. The van der Waals surface area contributed by atoms with Crippen LogP contribution in [0.5, 0.6) is 0 Å². The van der Waals surface area contributed by atoms with Gasteiger partial charge in [0.2, 0.25) is 11.9 Å². The molecule has 1 saturated heterocycles. The highest BCUT2D eigenvalue weighted by atomic mass is 16.1. The first-order valence-electron chi connectivity index (χ1n) is 14.7. The van der Waals surface area contributed by atoms with E-state index in [0.29, 0.717) is 17.9 Å². The molecule has 1 aliphatic heterocycles.